The van der Waals surface area contributed by atoms with Gasteiger partial charge in [0, 0.05) is 23.5 Å². The number of aliphatic hydroxyl groups excluding tert-OH is 2. The van der Waals surface area contributed by atoms with Gasteiger partial charge in [-0.3, -0.25) is 4.68 Å². The third kappa shape index (κ3) is 3.11. The zero-order valence-electron chi connectivity index (χ0n) is 15.3. The van der Waals surface area contributed by atoms with Gasteiger partial charge in [-0.15, -0.1) is 5.10 Å². The Bertz CT molecular complexity index is 1300. The van der Waals surface area contributed by atoms with E-state index in [4.69, 9.17) is 5.11 Å². The summed E-state index contributed by atoms with van der Waals surface area (Å²) < 4.78 is 5.05. The van der Waals surface area contributed by atoms with Gasteiger partial charge >= 0.3 is 0 Å². The normalized spacial score (nSPS) is 11.7. The fraction of sp³-hybridized carbons (Fsp3) is 0.222. The molecule has 0 aliphatic rings. The highest BCUT2D eigenvalue weighted by molar-refractivity contribution is 5.69. The van der Waals surface area contributed by atoms with Crippen LogP contribution in [0.1, 0.15) is 11.1 Å². The van der Waals surface area contributed by atoms with Crippen LogP contribution in [0.4, 0.5) is 0 Å². The molecule has 0 bridgehead atoms. The molecule has 0 fully saturated rings. The molecule has 0 spiro atoms. The highest BCUT2D eigenvalue weighted by atomic mass is 16.3. The fourth-order valence-electron chi connectivity index (χ4n) is 3.19. The second-order valence-electron chi connectivity index (χ2n) is 6.56. The molecule has 0 aromatic carbocycles. The van der Waals surface area contributed by atoms with Crippen molar-refractivity contribution in [1.82, 2.24) is 44.4 Å². The van der Waals surface area contributed by atoms with Crippen LogP contribution >= 0.6 is 0 Å². The van der Waals surface area contributed by atoms with Gasteiger partial charge in [0.05, 0.1) is 56.1 Å². The maximum absolute atomic E-state index is 9.47. The standard InChI is InChI=1S/C18H17N9O2/c28-4-3-25-10-13(6-20-25)15-8-19-17-18(22-15)27(24-23-17)9-12-1-2-26-16(5-12)14(11-29)7-21-26/h1-2,5-8,10,28-29H,3-4,9,11H2. The van der Waals surface area contributed by atoms with E-state index in [1.54, 1.807) is 32.5 Å². The zero-order chi connectivity index (χ0) is 19.8. The summed E-state index contributed by atoms with van der Waals surface area (Å²) in [6.45, 7) is 0.813. The molecule has 0 unspecified atom stereocenters. The first-order valence-electron chi connectivity index (χ1n) is 9.01. The van der Waals surface area contributed by atoms with E-state index in [2.05, 4.69) is 30.5 Å². The Morgan fingerprint density at radius 3 is 2.86 bits per heavy atom. The van der Waals surface area contributed by atoms with Crippen LogP contribution in [0, 0.1) is 0 Å². The molecule has 0 aliphatic heterocycles. The van der Waals surface area contributed by atoms with E-state index in [1.165, 1.54) is 0 Å². The number of hydrogen-bond acceptors (Lipinski definition) is 8. The third-order valence-corrected chi connectivity index (χ3v) is 4.65. The van der Waals surface area contributed by atoms with E-state index >= 15 is 0 Å². The SMILES string of the molecule is OCCn1cc(-c2cnc3nnn(Cc4ccn5ncc(CO)c5c4)c3n2)cn1. The summed E-state index contributed by atoms with van der Waals surface area (Å²) >= 11 is 0. The third-order valence-electron chi connectivity index (χ3n) is 4.65. The van der Waals surface area contributed by atoms with Gasteiger partial charge < -0.3 is 10.2 Å². The Labute approximate surface area is 163 Å². The lowest BCUT2D eigenvalue weighted by Crippen LogP contribution is -2.04. The van der Waals surface area contributed by atoms with Crippen LogP contribution < -0.4 is 0 Å². The molecule has 5 aromatic heterocycles. The number of nitrogens with zero attached hydrogens (tertiary/aromatic N) is 9. The maximum atomic E-state index is 9.47. The van der Waals surface area contributed by atoms with Crippen LogP contribution in [0.25, 0.3) is 28.1 Å². The van der Waals surface area contributed by atoms with Gasteiger partial charge in [0.25, 0.3) is 0 Å². The predicted molar refractivity (Wildman–Crippen MR) is 102 cm³/mol. The molecule has 0 amide bonds. The van der Waals surface area contributed by atoms with Crippen LogP contribution in [-0.4, -0.2) is 61.2 Å². The van der Waals surface area contributed by atoms with E-state index < -0.39 is 0 Å². The van der Waals surface area contributed by atoms with Crippen molar-refractivity contribution < 1.29 is 10.2 Å². The van der Waals surface area contributed by atoms with E-state index in [1.807, 2.05) is 24.5 Å². The lowest BCUT2D eigenvalue weighted by atomic mass is 10.2. The Balaban J connectivity index is 1.50. The fourth-order valence-corrected chi connectivity index (χ4v) is 3.19. The van der Waals surface area contributed by atoms with Gasteiger partial charge in [-0.05, 0) is 17.7 Å². The molecule has 2 N–H and O–H groups in total. The quantitative estimate of drug-likeness (QED) is 0.421. The zero-order valence-corrected chi connectivity index (χ0v) is 15.3. The number of hydrogen-bond donors (Lipinski definition) is 2. The molecule has 11 nitrogen and oxygen atoms in total. The van der Waals surface area contributed by atoms with E-state index in [0.717, 1.165) is 22.2 Å². The minimum Gasteiger partial charge on any atom is -0.394 e. The van der Waals surface area contributed by atoms with E-state index in [-0.39, 0.29) is 13.2 Å². The molecule has 146 valence electrons. The van der Waals surface area contributed by atoms with E-state index in [0.29, 0.717) is 30.1 Å². The molecule has 0 saturated heterocycles. The van der Waals surface area contributed by atoms with Crippen molar-refractivity contribution in [2.24, 2.45) is 0 Å². The molecule has 0 aliphatic carbocycles. The Morgan fingerprint density at radius 2 is 2.00 bits per heavy atom. The monoisotopic (exact) mass is 391 g/mol. The summed E-state index contributed by atoms with van der Waals surface area (Å²) in [5.41, 5.74) is 5.05. The largest absolute Gasteiger partial charge is 0.394 e. The Hall–Kier alpha value is -3.70. The van der Waals surface area contributed by atoms with Crippen molar-refractivity contribution in [1.29, 1.82) is 0 Å². The number of aliphatic hydroxyl groups is 2. The van der Waals surface area contributed by atoms with Crippen LogP contribution in [-0.2, 0) is 19.7 Å². The second kappa shape index (κ2) is 7.04. The summed E-state index contributed by atoms with van der Waals surface area (Å²) in [7, 11) is 0. The summed E-state index contributed by atoms with van der Waals surface area (Å²) in [6, 6.07) is 3.90. The van der Waals surface area contributed by atoms with Crippen molar-refractivity contribution >= 4 is 16.8 Å². The summed E-state index contributed by atoms with van der Waals surface area (Å²) in [6.07, 6.45) is 8.62. The average molecular weight is 391 g/mol. The van der Waals surface area contributed by atoms with Crippen LogP contribution in [0.2, 0.25) is 0 Å². The number of rotatable bonds is 6. The van der Waals surface area contributed by atoms with Gasteiger partial charge in [0.2, 0.25) is 5.65 Å². The topological polar surface area (TPSA) is 132 Å². The Morgan fingerprint density at radius 1 is 1.07 bits per heavy atom. The molecule has 5 heterocycles. The number of fused-ring (bicyclic) bond motifs is 2. The summed E-state index contributed by atoms with van der Waals surface area (Å²) in [5, 5.41) is 35.2. The molecule has 5 aromatic rings. The van der Waals surface area contributed by atoms with Gasteiger partial charge in [0.15, 0.2) is 5.65 Å². The van der Waals surface area contributed by atoms with Crippen LogP contribution in [0.15, 0.2) is 43.1 Å². The molecule has 0 radical (unpaired) electrons. The lowest BCUT2D eigenvalue weighted by molar-refractivity contribution is 0.269. The van der Waals surface area contributed by atoms with Crippen LogP contribution in [0.3, 0.4) is 0 Å². The molecule has 0 saturated carbocycles. The molecular formula is C18H17N9O2. The van der Waals surface area contributed by atoms with Gasteiger partial charge in [-0.25, -0.2) is 19.2 Å². The highest BCUT2D eigenvalue weighted by Gasteiger charge is 2.12. The minimum absolute atomic E-state index is 0.0159. The van der Waals surface area contributed by atoms with Gasteiger partial charge in [0.1, 0.15) is 0 Å². The predicted octanol–water partition coefficient (Wildman–Crippen LogP) is 0.265. The van der Waals surface area contributed by atoms with Crippen molar-refractivity contribution in [2.45, 2.75) is 19.7 Å². The average Bonchev–Trinajstić information content (AvgIpc) is 3.46. The van der Waals surface area contributed by atoms with Crippen molar-refractivity contribution in [3.63, 3.8) is 0 Å². The first-order chi connectivity index (χ1) is 14.2. The van der Waals surface area contributed by atoms with Gasteiger partial charge in [-0.2, -0.15) is 10.2 Å². The molecular weight excluding hydrogens is 374 g/mol. The first-order valence-corrected chi connectivity index (χ1v) is 9.01. The van der Waals surface area contributed by atoms with Crippen molar-refractivity contribution in [3.05, 3.63) is 54.2 Å². The van der Waals surface area contributed by atoms with Crippen molar-refractivity contribution in [2.75, 3.05) is 6.61 Å². The molecule has 11 heteroatoms. The highest BCUT2D eigenvalue weighted by Crippen LogP contribution is 2.19. The molecule has 5 rings (SSSR count). The molecule has 0 atom stereocenters. The number of pyridine rings is 1. The Kier molecular flexibility index (Phi) is 4.22. The maximum Gasteiger partial charge on any atom is 0.221 e. The lowest BCUT2D eigenvalue weighted by Gasteiger charge is -2.04. The molecule has 29 heavy (non-hydrogen) atoms. The summed E-state index contributed by atoms with van der Waals surface area (Å²) in [5.74, 6) is 0. The summed E-state index contributed by atoms with van der Waals surface area (Å²) in [4.78, 5) is 9.02. The number of aromatic nitrogens is 9. The smallest absolute Gasteiger partial charge is 0.221 e. The second-order valence-corrected chi connectivity index (χ2v) is 6.56. The van der Waals surface area contributed by atoms with Crippen LogP contribution in [0.5, 0.6) is 0 Å². The minimum atomic E-state index is -0.0714. The van der Waals surface area contributed by atoms with Gasteiger partial charge in [-0.1, -0.05) is 5.21 Å². The van der Waals surface area contributed by atoms with E-state index in [9.17, 15) is 5.11 Å². The van der Waals surface area contributed by atoms with Crippen molar-refractivity contribution in [3.8, 4) is 11.3 Å². The first kappa shape index (κ1) is 17.4.